The summed E-state index contributed by atoms with van der Waals surface area (Å²) in [6.07, 6.45) is 5.27. The topological polar surface area (TPSA) is 24.5 Å². The van der Waals surface area contributed by atoms with Gasteiger partial charge in [-0.1, -0.05) is 6.92 Å². The third-order valence-corrected chi connectivity index (χ3v) is 3.90. The van der Waals surface area contributed by atoms with Crippen molar-refractivity contribution in [2.75, 3.05) is 26.8 Å². The summed E-state index contributed by atoms with van der Waals surface area (Å²) in [5, 5.41) is 3.72. The molecule has 0 spiro atoms. The van der Waals surface area contributed by atoms with Gasteiger partial charge in [-0.2, -0.15) is 0 Å². The van der Waals surface area contributed by atoms with Crippen LogP contribution >= 0.6 is 0 Å². The molecule has 0 saturated carbocycles. The average Bonchev–Trinajstić information content (AvgIpc) is 2.56. The molecule has 3 heteroatoms. The first-order valence-corrected chi connectivity index (χ1v) is 6.32. The van der Waals surface area contributed by atoms with Crippen molar-refractivity contribution in [1.82, 2.24) is 10.2 Å². The lowest BCUT2D eigenvalue weighted by molar-refractivity contribution is 0.0842. The molecule has 0 aromatic heterocycles. The molecule has 3 unspecified atom stereocenters. The molecule has 0 radical (unpaired) electrons. The van der Waals surface area contributed by atoms with Gasteiger partial charge in [0.1, 0.15) is 0 Å². The van der Waals surface area contributed by atoms with Crippen molar-refractivity contribution in [3.05, 3.63) is 0 Å². The molecule has 2 bridgehead atoms. The molecule has 2 heterocycles. The number of fused-ring (bicyclic) bond motifs is 2. The summed E-state index contributed by atoms with van der Waals surface area (Å²) in [7, 11) is 1.81. The maximum Gasteiger partial charge on any atom is 0.0617 e. The predicted octanol–water partition coefficient (Wildman–Crippen LogP) is 1.24. The number of rotatable bonds is 4. The van der Waals surface area contributed by atoms with E-state index in [0.717, 1.165) is 18.7 Å². The molecular formula is C12H24N2O. The van der Waals surface area contributed by atoms with Crippen LogP contribution in [0.3, 0.4) is 0 Å². The van der Waals surface area contributed by atoms with Crippen LogP contribution in [0, 0.1) is 0 Å². The maximum atomic E-state index is 5.31. The highest BCUT2D eigenvalue weighted by Gasteiger charge is 2.31. The Balaban J connectivity index is 1.91. The molecule has 0 aromatic carbocycles. The van der Waals surface area contributed by atoms with Crippen molar-refractivity contribution >= 4 is 0 Å². The van der Waals surface area contributed by atoms with Crippen LogP contribution in [0.25, 0.3) is 0 Å². The summed E-state index contributed by atoms with van der Waals surface area (Å²) in [4.78, 5) is 2.63. The van der Waals surface area contributed by atoms with Crippen LogP contribution in [0.1, 0.15) is 32.6 Å². The molecule has 3 nitrogen and oxygen atoms in total. The second kappa shape index (κ2) is 5.28. The Bertz CT molecular complexity index is 198. The Labute approximate surface area is 93.2 Å². The van der Waals surface area contributed by atoms with E-state index in [9.17, 15) is 0 Å². The van der Waals surface area contributed by atoms with Gasteiger partial charge in [0.25, 0.3) is 0 Å². The highest BCUT2D eigenvalue weighted by molar-refractivity contribution is 4.91. The average molecular weight is 212 g/mol. The first-order chi connectivity index (χ1) is 7.33. The van der Waals surface area contributed by atoms with Crippen molar-refractivity contribution in [2.45, 2.75) is 50.7 Å². The van der Waals surface area contributed by atoms with Gasteiger partial charge in [0.15, 0.2) is 0 Å². The van der Waals surface area contributed by atoms with Crippen molar-refractivity contribution in [3.8, 4) is 0 Å². The number of ether oxygens (including phenoxy) is 1. The molecule has 88 valence electrons. The van der Waals surface area contributed by atoms with Gasteiger partial charge in [-0.15, -0.1) is 0 Å². The lowest BCUT2D eigenvalue weighted by Gasteiger charge is -2.31. The van der Waals surface area contributed by atoms with E-state index in [0.29, 0.717) is 6.04 Å². The van der Waals surface area contributed by atoms with Gasteiger partial charge in [-0.25, -0.2) is 0 Å². The van der Waals surface area contributed by atoms with Crippen molar-refractivity contribution in [1.29, 1.82) is 0 Å². The summed E-state index contributed by atoms with van der Waals surface area (Å²) in [6.45, 7) is 5.61. The van der Waals surface area contributed by atoms with Crippen LogP contribution in [0.4, 0.5) is 0 Å². The summed E-state index contributed by atoms with van der Waals surface area (Å²) in [5.41, 5.74) is 0. The van der Waals surface area contributed by atoms with Gasteiger partial charge in [0.2, 0.25) is 0 Å². The SMILES string of the molecule is CCC(COC)N1CCC2CCC(C1)N2. The van der Waals surface area contributed by atoms with Gasteiger partial charge >= 0.3 is 0 Å². The monoisotopic (exact) mass is 212 g/mol. The second-order valence-electron chi connectivity index (χ2n) is 4.94. The molecule has 15 heavy (non-hydrogen) atoms. The molecular weight excluding hydrogens is 188 g/mol. The lowest BCUT2D eigenvalue weighted by atomic mass is 10.1. The number of nitrogens with zero attached hydrogens (tertiary/aromatic N) is 1. The molecule has 3 atom stereocenters. The molecule has 2 aliphatic rings. The van der Waals surface area contributed by atoms with Crippen LogP contribution < -0.4 is 5.32 Å². The van der Waals surface area contributed by atoms with Gasteiger partial charge in [-0.05, 0) is 25.7 Å². The van der Waals surface area contributed by atoms with Crippen LogP contribution in [0.15, 0.2) is 0 Å². The summed E-state index contributed by atoms with van der Waals surface area (Å²) in [6, 6.07) is 2.15. The summed E-state index contributed by atoms with van der Waals surface area (Å²) < 4.78 is 5.31. The van der Waals surface area contributed by atoms with Gasteiger partial charge in [-0.3, -0.25) is 4.90 Å². The van der Waals surface area contributed by atoms with E-state index < -0.39 is 0 Å². The lowest BCUT2D eigenvalue weighted by Crippen LogP contribution is -2.43. The van der Waals surface area contributed by atoms with E-state index in [1.54, 1.807) is 0 Å². The standard InChI is InChI=1S/C12H24N2O/c1-3-12(9-15-2)14-7-6-10-4-5-11(8-14)13-10/h10-13H,3-9H2,1-2H3. The maximum absolute atomic E-state index is 5.31. The number of methoxy groups -OCH3 is 1. The number of likely N-dealkylation sites (tertiary alicyclic amines) is 1. The van der Waals surface area contributed by atoms with Crippen molar-refractivity contribution < 1.29 is 4.74 Å². The zero-order valence-corrected chi connectivity index (χ0v) is 10.0. The highest BCUT2D eigenvalue weighted by Crippen LogP contribution is 2.22. The van der Waals surface area contributed by atoms with E-state index in [1.165, 1.54) is 38.8 Å². The molecule has 2 fully saturated rings. The fraction of sp³-hybridized carbons (Fsp3) is 1.00. The van der Waals surface area contributed by atoms with E-state index >= 15 is 0 Å². The smallest absolute Gasteiger partial charge is 0.0617 e. The minimum absolute atomic E-state index is 0.621. The number of nitrogens with one attached hydrogen (secondary N) is 1. The Kier molecular flexibility index (Phi) is 4.00. The number of hydrogen-bond acceptors (Lipinski definition) is 3. The first kappa shape index (κ1) is 11.4. The third kappa shape index (κ3) is 2.71. The summed E-state index contributed by atoms with van der Waals surface area (Å²) >= 11 is 0. The van der Waals surface area contributed by atoms with Crippen LogP contribution in [-0.4, -0.2) is 49.8 Å². The molecule has 2 rings (SSSR count). The summed E-state index contributed by atoms with van der Waals surface area (Å²) in [5.74, 6) is 0. The van der Waals surface area contributed by atoms with Crippen LogP contribution in [0.5, 0.6) is 0 Å². The Morgan fingerprint density at radius 3 is 2.87 bits per heavy atom. The molecule has 1 N–H and O–H groups in total. The van der Waals surface area contributed by atoms with E-state index in [4.69, 9.17) is 4.74 Å². The quantitative estimate of drug-likeness (QED) is 0.759. The molecule has 0 aromatic rings. The van der Waals surface area contributed by atoms with Gasteiger partial charge in [0, 0.05) is 38.3 Å². The number of hydrogen-bond donors (Lipinski definition) is 1. The van der Waals surface area contributed by atoms with E-state index in [2.05, 4.69) is 17.1 Å². The van der Waals surface area contributed by atoms with Crippen LogP contribution in [0.2, 0.25) is 0 Å². The van der Waals surface area contributed by atoms with Crippen molar-refractivity contribution in [2.24, 2.45) is 0 Å². The third-order valence-electron chi connectivity index (χ3n) is 3.90. The van der Waals surface area contributed by atoms with E-state index in [1.807, 2.05) is 7.11 Å². The largest absolute Gasteiger partial charge is 0.383 e. The molecule has 0 amide bonds. The second-order valence-corrected chi connectivity index (χ2v) is 4.94. The Hall–Kier alpha value is -0.120. The molecule has 0 aliphatic carbocycles. The highest BCUT2D eigenvalue weighted by atomic mass is 16.5. The minimum atomic E-state index is 0.621. The zero-order chi connectivity index (χ0) is 10.7. The van der Waals surface area contributed by atoms with Crippen molar-refractivity contribution in [3.63, 3.8) is 0 Å². The van der Waals surface area contributed by atoms with Gasteiger partial charge < -0.3 is 10.1 Å². The minimum Gasteiger partial charge on any atom is -0.383 e. The Morgan fingerprint density at radius 2 is 2.13 bits per heavy atom. The van der Waals surface area contributed by atoms with E-state index in [-0.39, 0.29) is 0 Å². The molecule has 2 aliphatic heterocycles. The molecule has 2 saturated heterocycles. The normalized spacial score (nSPS) is 34.0. The Morgan fingerprint density at radius 1 is 1.33 bits per heavy atom. The fourth-order valence-corrected chi connectivity index (χ4v) is 2.98. The van der Waals surface area contributed by atoms with Crippen LogP contribution in [-0.2, 0) is 4.74 Å². The van der Waals surface area contributed by atoms with Gasteiger partial charge in [0.05, 0.1) is 6.61 Å². The fourth-order valence-electron chi connectivity index (χ4n) is 2.98. The first-order valence-electron chi connectivity index (χ1n) is 6.32. The zero-order valence-electron chi connectivity index (χ0n) is 10.0. The predicted molar refractivity (Wildman–Crippen MR) is 62.1 cm³/mol.